The number of rotatable bonds is 5. The van der Waals surface area contributed by atoms with Gasteiger partial charge in [-0.05, 0) is 39.3 Å². The first-order chi connectivity index (χ1) is 9.81. The molecule has 4 heteroatoms. The maximum atomic E-state index is 13.9. The van der Waals surface area contributed by atoms with Gasteiger partial charge in [0.15, 0.2) is 0 Å². The van der Waals surface area contributed by atoms with Crippen LogP contribution in [0.2, 0.25) is 0 Å². The van der Waals surface area contributed by atoms with E-state index in [0.717, 1.165) is 32.7 Å². The van der Waals surface area contributed by atoms with Crippen molar-refractivity contribution in [3.05, 3.63) is 30.1 Å². The number of ether oxygens (including phenoxy) is 1. The van der Waals surface area contributed by atoms with Gasteiger partial charge in [0.05, 0.1) is 12.3 Å². The van der Waals surface area contributed by atoms with Gasteiger partial charge in [-0.25, -0.2) is 4.39 Å². The normalized spacial score (nSPS) is 22.5. The average molecular weight is 294 g/mol. The predicted octanol–water partition coefficient (Wildman–Crippen LogP) is 3.06. The fraction of sp³-hybridized carbons (Fsp3) is 0.647. The van der Waals surface area contributed by atoms with Gasteiger partial charge in [0.2, 0.25) is 0 Å². The first kappa shape index (κ1) is 16.2. The van der Waals surface area contributed by atoms with Crippen LogP contribution in [-0.2, 0) is 4.74 Å². The Labute approximate surface area is 127 Å². The van der Waals surface area contributed by atoms with Crippen LogP contribution >= 0.6 is 0 Å². The lowest BCUT2D eigenvalue weighted by Crippen LogP contribution is -2.49. The molecule has 0 radical (unpaired) electrons. The molecule has 1 aromatic carbocycles. The molecule has 0 bridgehead atoms. The van der Waals surface area contributed by atoms with Crippen LogP contribution in [0, 0.1) is 11.2 Å². The summed E-state index contributed by atoms with van der Waals surface area (Å²) < 4.78 is 19.6. The molecule has 0 aliphatic carbocycles. The second-order valence-electron chi connectivity index (χ2n) is 7.21. The lowest BCUT2D eigenvalue weighted by Gasteiger charge is -2.36. The van der Waals surface area contributed by atoms with Crippen LogP contribution in [0.4, 0.5) is 10.1 Å². The Morgan fingerprint density at radius 3 is 2.62 bits per heavy atom. The lowest BCUT2D eigenvalue weighted by atomic mass is 9.85. The number of para-hydroxylation sites is 1. The third-order valence-corrected chi connectivity index (χ3v) is 4.01. The van der Waals surface area contributed by atoms with E-state index in [-0.39, 0.29) is 16.8 Å². The summed E-state index contributed by atoms with van der Waals surface area (Å²) in [5.41, 5.74) is 0.774. The number of nitrogens with zero attached hydrogens (tertiary/aromatic N) is 1. The van der Waals surface area contributed by atoms with Crippen LogP contribution in [-0.4, -0.2) is 38.9 Å². The molecule has 1 atom stereocenters. The molecule has 21 heavy (non-hydrogen) atoms. The number of hydrogen-bond donors (Lipinski definition) is 1. The molecule has 1 aliphatic heterocycles. The van der Waals surface area contributed by atoms with Crippen molar-refractivity contribution >= 4 is 5.69 Å². The van der Waals surface area contributed by atoms with E-state index in [0.29, 0.717) is 5.69 Å². The van der Waals surface area contributed by atoms with Crippen molar-refractivity contribution in [2.75, 3.05) is 38.3 Å². The minimum absolute atomic E-state index is 0.0459. The molecule has 1 fully saturated rings. The smallest absolute Gasteiger partial charge is 0.146 e. The topological polar surface area (TPSA) is 24.5 Å². The second kappa shape index (κ2) is 6.32. The molecular formula is C17H27FN2O. The van der Waals surface area contributed by atoms with E-state index in [1.807, 2.05) is 24.1 Å². The summed E-state index contributed by atoms with van der Waals surface area (Å²) in [6, 6.07) is 6.94. The first-order valence-corrected chi connectivity index (χ1v) is 7.60. The summed E-state index contributed by atoms with van der Waals surface area (Å²) in [5, 5.41) is 3.58. The Kier molecular flexibility index (Phi) is 4.89. The highest BCUT2D eigenvalue weighted by atomic mass is 19.1. The van der Waals surface area contributed by atoms with Gasteiger partial charge in [-0.2, -0.15) is 0 Å². The summed E-state index contributed by atoms with van der Waals surface area (Å²) >= 11 is 0. The van der Waals surface area contributed by atoms with Gasteiger partial charge in [0.25, 0.3) is 0 Å². The van der Waals surface area contributed by atoms with Crippen LogP contribution < -0.4 is 10.2 Å². The van der Waals surface area contributed by atoms with Crippen molar-refractivity contribution in [2.45, 2.75) is 32.7 Å². The summed E-state index contributed by atoms with van der Waals surface area (Å²) in [4.78, 5) is 2.01. The van der Waals surface area contributed by atoms with Crippen LogP contribution in [0.25, 0.3) is 0 Å². The fourth-order valence-corrected chi connectivity index (χ4v) is 2.77. The minimum Gasteiger partial charge on any atom is -0.381 e. The van der Waals surface area contributed by atoms with Gasteiger partial charge in [-0.15, -0.1) is 0 Å². The van der Waals surface area contributed by atoms with Crippen molar-refractivity contribution in [3.8, 4) is 0 Å². The molecule has 0 saturated carbocycles. The summed E-state index contributed by atoms with van der Waals surface area (Å²) in [7, 11) is 1.95. The van der Waals surface area contributed by atoms with E-state index < -0.39 is 0 Å². The van der Waals surface area contributed by atoms with Crippen molar-refractivity contribution in [1.29, 1.82) is 0 Å². The Morgan fingerprint density at radius 2 is 2.05 bits per heavy atom. The molecule has 0 amide bonds. The molecular weight excluding hydrogens is 267 g/mol. The molecule has 1 heterocycles. The maximum Gasteiger partial charge on any atom is 0.146 e. The standard InChI is InChI=1S/C17H27FN2O/c1-16(2,3)19-11-17(9-10-21-13-17)12-20(4)15-8-6-5-7-14(15)18/h5-8,19H,9-13H2,1-4H3. The van der Waals surface area contributed by atoms with Gasteiger partial charge in [0.1, 0.15) is 5.82 Å². The monoisotopic (exact) mass is 294 g/mol. The van der Waals surface area contributed by atoms with Crippen LogP contribution in [0.5, 0.6) is 0 Å². The largest absolute Gasteiger partial charge is 0.381 e. The van der Waals surface area contributed by atoms with Gasteiger partial charge in [-0.1, -0.05) is 12.1 Å². The number of benzene rings is 1. The zero-order chi connectivity index (χ0) is 15.5. The highest BCUT2D eigenvalue weighted by Crippen LogP contribution is 2.31. The van der Waals surface area contributed by atoms with Crippen molar-refractivity contribution in [3.63, 3.8) is 0 Å². The Balaban J connectivity index is 2.07. The summed E-state index contributed by atoms with van der Waals surface area (Å²) in [6.45, 7) is 9.68. The molecule has 1 aliphatic rings. The summed E-state index contributed by atoms with van der Waals surface area (Å²) in [5.74, 6) is -0.169. The molecule has 1 saturated heterocycles. The first-order valence-electron chi connectivity index (χ1n) is 7.60. The van der Waals surface area contributed by atoms with Crippen molar-refractivity contribution < 1.29 is 9.13 Å². The van der Waals surface area contributed by atoms with E-state index in [1.165, 1.54) is 6.07 Å². The van der Waals surface area contributed by atoms with Gasteiger partial charge >= 0.3 is 0 Å². The summed E-state index contributed by atoms with van der Waals surface area (Å²) in [6.07, 6.45) is 1.01. The predicted molar refractivity (Wildman–Crippen MR) is 85.3 cm³/mol. The molecule has 3 nitrogen and oxygen atoms in total. The van der Waals surface area contributed by atoms with E-state index in [9.17, 15) is 4.39 Å². The molecule has 1 N–H and O–H groups in total. The number of anilines is 1. The van der Waals surface area contributed by atoms with E-state index in [4.69, 9.17) is 4.74 Å². The van der Waals surface area contributed by atoms with Crippen molar-refractivity contribution in [2.24, 2.45) is 5.41 Å². The number of halogens is 1. The third-order valence-electron chi connectivity index (χ3n) is 4.01. The highest BCUT2D eigenvalue weighted by molar-refractivity contribution is 5.47. The number of hydrogen-bond acceptors (Lipinski definition) is 3. The van der Waals surface area contributed by atoms with E-state index in [2.05, 4.69) is 26.1 Å². The highest BCUT2D eigenvalue weighted by Gasteiger charge is 2.37. The van der Waals surface area contributed by atoms with Crippen LogP contribution in [0.1, 0.15) is 27.2 Å². The van der Waals surface area contributed by atoms with Crippen LogP contribution in [0.15, 0.2) is 24.3 Å². The Bertz CT molecular complexity index is 464. The molecule has 2 rings (SSSR count). The Hall–Kier alpha value is -1.13. The average Bonchev–Trinajstić information content (AvgIpc) is 2.85. The van der Waals surface area contributed by atoms with E-state index >= 15 is 0 Å². The molecule has 0 aromatic heterocycles. The van der Waals surface area contributed by atoms with Gasteiger partial charge in [0, 0.05) is 37.7 Å². The Morgan fingerprint density at radius 1 is 1.33 bits per heavy atom. The van der Waals surface area contributed by atoms with Crippen LogP contribution in [0.3, 0.4) is 0 Å². The zero-order valence-electron chi connectivity index (χ0n) is 13.6. The number of nitrogens with one attached hydrogen (secondary N) is 1. The third kappa shape index (κ3) is 4.42. The second-order valence-corrected chi connectivity index (χ2v) is 7.21. The lowest BCUT2D eigenvalue weighted by molar-refractivity contribution is 0.147. The molecule has 118 valence electrons. The van der Waals surface area contributed by atoms with Gasteiger partial charge < -0.3 is 15.0 Å². The quantitative estimate of drug-likeness (QED) is 0.903. The molecule has 0 spiro atoms. The van der Waals surface area contributed by atoms with E-state index in [1.54, 1.807) is 6.07 Å². The van der Waals surface area contributed by atoms with Gasteiger partial charge in [-0.3, -0.25) is 0 Å². The maximum absolute atomic E-state index is 13.9. The van der Waals surface area contributed by atoms with Crippen molar-refractivity contribution in [1.82, 2.24) is 5.32 Å². The molecule has 1 aromatic rings. The fourth-order valence-electron chi connectivity index (χ4n) is 2.77. The minimum atomic E-state index is -0.169. The SMILES string of the molecule is CN(CC1(CNC(C)(C)C)CCOC1)c1ccccc1F. The molecule has 1 unspecified atom stereocenters. The zero-order valence-corrected chi connectivity index (χ0v) is 13.6.